The summed E-state index contributed by atoms with van der Waals surface area (Å²) in [6.07, 6.45) is 0. The molecule has 2 aromatic carbocycles. The number of piperazine rings is 1. The maximum Gasteiger partial charge on any atom is 0.254 e. The average Bonchev–Trinajstić information content (AvgIpc) is 2.55. The highest BCUT2D eigenvalue weighted by Crippen LogP contribution is 2.18. The summed E-state index contributed by atoms with van der Waals surface area (Å²) < 4.78 is 0. The Morgan fingerprint density at radius 1 is 0.955 bits per heavy atom. The van der Waals surface area contributed by atoms with Gasteiger partial charge in [-0.25, -0.2) is 0 Å². The lowest BCUT2D eigenvalue weighted by Crippen LogP contribution is -2.52. The van der Waals surface area contributed by atoms with Crippen molar-refractivity contribution in [3.8, 4) is 0 Å². The number of hydrogen-bond acceptors (Lipinski definition) is 2. The fraction of sp³-hybridized carbons (Fsp3) is 0.222. The summed E-state index contributed by atoms with van der Waals surface area (Å²) in [6.45, 7) is 3.12. The summed E-state index contributed by atoms with van der Waals surface area (Å²) in [6, 6.07) is 17.0. The minimum absolute atomic E-state index is 0.0422. The molecule has 2 aromatic rings. The van der Waals surface area contributed by atoms with Crippen molar-refractivity contribution in [2.45, 2.75) is 6.92 Å². The zero-order valence-corrected chi connectivity index (χ0v) is 12.5. The van der Waals surface area contributed by atoms with Gasteiger partial charge < -0.3 is 9.80 Å². The number of rotatable bonds is 2. The van der Waals surface area contributed by atoms with Crippen molar-refractivity contribution >= 4 is 17.5 Å². The van der Waals surface area contributed by atoms with Crippen LogP contribution in [0.4, 0.5) is 5.69 Å². The average molecular weight is 294 g/mol. The number of anilines is 1. The van der Waals surface area contributed by atoms with Crippen LogP contribution in [0.25, 0.3) is 0 Å². The molecule has 0 unspecified atom stereocenters. The van der Waals surface area contributed by atoms with Crippen LogP contribution in [-0.4, -0.2) is 36.3 Å². The van der Waals surface area contributed by atoms with Crippen LogP contribution < -0.4 is 4.90 Å². The minimum atomic E-state index is -0.0702. The third-order valence-electron chi connectivity index (χ3n) is 3.95. The van der Waals surface area contributed by atoms with Crippen LogP contribution in [0.15, 0.2) is 54.6 Å². The Kier molecular flexibility index (Phi) is 3.92. The quantitative estimate of drug-likeness (QED) is 0.854. The highest BCUT2D eigenvalue weighted by atomic mass is 16.2. The number of amides is 2. The number of benzene rings is 2. The zero-order chi connectivity index (χ0) is 15.5. The molecule has 0 spiro atoms. The second-order valence-electron chi connectivity index (χ2n) is 5.42. The molecule has 0 atom stereocenters. The van der Waals surface area contributed by atoms with Gasteiger partial charge in [0.15, 0.2) is 0 Å². The fourth-order valence-electron chi connectivity index (χ4n) is 2.71. The molecular formula is C18H18N2O2. The smallest absolute Gasteiger partial charge is 0.254 e. The van der Waals surface area contributed by atoms with Gasteiger partial charge in [-0.3, -0.25) is 9.59 Å². The maximum absolute atomic E-state index is 12.6. The summed E-state index contributed by atoms with van der Waals surface area (Å²) >= 11 is 0. The fourth-order valence-corrected chi connectivity index (χ4v) is 2.71. The van der Waals surface area contributed by atoms with Crippen molar-refractivity contribution < 1.29 is 9.59 Å². The predicted octanol–water partition coefficient (Wildman–Crippen LogP) is 2.48. The third-order valence-corrected chi connectivity index (χ3v) is 3.95. The van der Waals surface area contributed by atoms with Crippen LogP contribution in [0, 0.1) is 6.92 Å². The molecule has 1 aliphatic heterocycles. The molecule has 4 nitrogen and oxygen atoms in total. The number of nitrogens with zero attached hydrogens (tertiary/aromatic N) is 2. The molecule has 112 valence electrons. The van der Waals surface area contributed by atoms with E-state index in [0.717, 1.165) is 11.3 Å². The lowest BCUT2D eigenvalue weighted by molar-refractivity contribution is -0.120. The molecule has 1 aliphatic rings. The predicted molar refractivity (Wildman–Crippen MR) is 85.9 cm³/mol. The molecule has 4 heteroatoms. The van der Waals surface area contributed by atoms with Crippen LogP contribution in [-0.2, 0) is 4.79 Å². The number of aryl methyl sites for hydroxylation is 1. The first kappa shape index (κ1) is 14.3. The Morgan fingerprint density at radius 2 is 1.64 bits per heavy atom. The van der Waals surface area contributed by atoms with E-state index < -0.39 is 0 Å². The highest BCUT2D eigenvalue weighted by molar-refractivity contribution is 6.02. The van der Waals surface area contributed by atoms with Crippen LogP contribution in [0.3, 0.4) is 0 Å². The van der Waals surface area contributed by atoms with E-state index in [4.69, 9.17) is 0 Å². The highest BCUT2D eigenvalue weighted by Gasteiger charge is 2.28. The third kappa shape index (κ3) is 2.72. The van der Waals surface area contributed by atoms with E-state index in [1.807, 2.05) is 61.5 Å². The summed E-state index contributed by atoms with van der Waals surface area (Å²) in [7, 11) is 0. The second kappa shape index (κ2) is 6.02. The van der Waals surface area contributed by atoms with E-state index in [-0.39, 0.29) is 18.4 Å². The first-order chi connectivity index (χ1) is 10.7. The molecule has 2 amide bonds. The molecule has 0 saturated carbocycles. The van der Waals surface area contributed by atoms with Gasteiger partial charge in [-0.15, -0.1) is 0 Å². The summed E-state index contributed by atoms with van der Waals surface area (Å²) in [5, 5.41) is 0. The first-order valence-electron chi connectivity index (χ1n) is 7.37. The summed E-state index contributed by atoms with van der Waals surface area (Å²) in [4.78, 5) is 28.3. The van der Waals surface area contributed by atoms with Crippen molar-refractivity contribution in [2.24, 2.45) is 0 Å². The second-order valence-corrected chi connectivity index (χ2v) is 5.42. The van der Waals surface area contributed by atoms with Crippen molar-refractivity contribution in [2.75, 3.05) is 24.5 Å². The molecule has 0 N–H and O–H groups in total. The first-order valence-corrected chi connectivity index (χ1v) is 7.37. The molecule has 3 rings (SSSR count). The maximum atomic E-state index is 12.6. The molecule has 0 aliphatic carbocycles. The van der Waals surface area contributed by atoms with Crippen molar-refractivity contribution in [3.05, 3.63) is 65.7 Å². The molecule has 0 aromatic heterocycles. The van der Waals surface area contributed by atoms with Gasteiger partial charge in [0.2, 0.25) is 5.91 Å². The van der Waals surface area contributed by atoms with Gasteiger partial charge in [0.05, 0.1) is 0 Å². The van der Waals surface area contributed by atoms with Crippen molar-refractivity contribution in [1.29, 1.82) is 0 Å². The van der Waals surface area contributed by atoms with Gasteiger partial charge in [0.1, 0.15) is 6.54 Å². The normalized spacial score (nSPS) is 15.0. The molecule has 1 fully saturated rings. The Bertz CT molecular complexity index is 697. The van der Waals surface area contributed by atoms with Crippen LogP contribution in [0.2, 0.25) is 0 Å². The number of hydrogen-bond donors (Lipinski definition) is 0. The molecule has 0 radical (unpaired) electrons. The van der Waals surface area contributed by atoms with Gasteiger partial charge in [-0.1, -0.05) is 36.4 Å². The topological polar surface area (TPSA) is 40.6 Å². The monoisotopic (exact) mass is 294 g/mol. The lowest BCUT2D eigenvalue weighted by Gasteiger charge is -2.34. The summed E-state index contributed by atoms with van der Waals surface area (Å²) in [5.41, 5.74) is 2.49. The van der Waals surface area contributed by atoms with Gasteiger partial charge in [-0.05, 0) is 30.7 Å². The van der Waals surface area contributed by atoms with Crippen LogP contribution >= 0.6 is 0 Å². The van der Waals surface area contributed by atoms with E-state index in [1.165, 1.54) is 0 Å². The summed E-state index contributed by atoms with van der Waals surface area (Å²) in [5.74, 6) is -0.112. The van der Waals surface area contributed by atoms with Gasteiger partial charge in [0.25, 0.3) is 5.91 Å². The van der Waals surface area contributed by atoms with Crippen LogP contribution in [0.5, 0.6) is 0 Å². The van der Waals surface area contributed by atoms with Crippen LogP contribution in [0.1, 0.15) is 15.9 Å². The van der Waals surface area contributed by atoms with Gasteiger partial charge >= 0.3 is 0 Å². The Labute approximate surface area is 130 Å². The largest absolute Gasteiger partial charge is 0.328 e. The molecule has 1 saturated heterocycles. The zero-order valence-electron chi connectivity index (χ0n) is 12.5. The Morgan fingerprint density at radius 3 is 2.32 bits per heavy atom. The molecule has 22 heavy (non-hydrogen) atoms. The number of carbonyl (C=O) groups is 2. The number of para-hydroxylation sites is 1. The Hall–Kier alpha value is -2.62. The van der Waals surface area contributed by atoms with E-state index in [0.29, 0.717) is 18.7 Å². The molecular weight excluding hydrogens is 276 g/mol. The molecule has 0 bridgehead atoms. The minimum Gasteiger partial charge on any atom is -0.328 e. The van der Waals surface area contributed by atoms with Gasteiger partial charge in [0, 0.05) is 24.3 Å². The standard InChI is InChI=1S/C18H18N2O2/c1-14-7-5-6-10-16(14)18(22)19-11-12-20(17(21)13-19)15-8-3-2-4-9-15/h2-10H,11-13H2,1H3. The van der Waals surface area contributed by atoms with E-state index >= 15 is 0 Å². The SMILES string of the molecule is Cc1ccccc1C(=O)N1CCN(c2ccccc2)C(=O)C1. The molecule has 1 heterocycles. The van der Waals surface area contributed by atoms with Crippen molar-refractivity contribution in [1.82, 2.24) is 4.90 Å². The van der Waals surface area contributed by atoms with Gasteiger partial charge in [-0.2, -0.15) is 0 Å². The van der Waals surface area contributed by atoms with E-state index in [1.54, 1.807) is 9.80 Å². The Balaban J connectivity index is 1.74. The van der Waals surface area contributed by atoms with E-state index in [9.17, 15) is 9.59 Å². The number of carbonyl (C=O) groups excluding carboxylic acids is 2. The van der Waals surface area contributed by atoms with E-state index in [2.05, 4.69) is 0 Å². The lowest BCUT2D eigenvalue weighted by atomic mass is 10.1. The van der Waals surface area contributed by atoms with Crippen molar-refractivity contribution in [3.63, 3.8) is 0 Å².